The van der Waals surface area contributed by atoms with Crippen molar-refractivity contribution in [1.29, 1.82) is 0 Å². The lowest BCUT2D eigenvalue weighted by Crippen LogP contribution is -2.41. The van der Waals surface area contributed by atoms with Crippen molar-refractivity contribution in [2.45, 2.75) is 5.92 Å². The first-order chi connectivity index (χ1) is 7.46. The Kier molecular flexibility index (Phi) is 8.71. The van der Waals surface area contributed by atoms with E-state index in [1.54, 1.807) is 0 Å². The number of aromatic nitrogens is 1. The number of pyridine rings is 1. The normalized spacial score (nSPS) is 10.0. The van der Waals surface area contributed by atoms with E-state index in [0.717, 1.165) is 12.3 Å². The van der Waals surface area contributed by atoms with Crippen molar-refractivity contribution in [2.75, 3.05) is 13.1 Å². The van der Waals surface area contributed by atoms with E-state index in [9.17, 15) is 18.0 Å². The quantitative estimate of drug-likeness (QED) is 0.883. The maximum absolute atomic E-state index is 13.0. The molecule has 0 aliphatic heterocycles. The second-order valence-corrected chi connectivity index (χ2v) is 3.10. The van der Waals surface area contributed by atoms with Crippen molar-refractivity contribution >= 4 is 30.7 Å². The minimum Gasteiger partial charge on any atom is -0.346 e. The summed E-state index contributed by atoms with van der Waals surface area (Å²) in [6.07, 6.45) is 2.02. The Balaban J connectivity index is 0. The zero-order valence-electron chi connectivity index (χ0n) is 9.03. The van der Waals surface area contributed by atoms with Crippen molar-refractivity contribution < 1.29 is 18.0 Å². The van der Waals surface area contributed by atoms with E-state index in [0.29, 0.717) is 0 Å². The number of hydrogen-bond donors (Lipinski definition) is 2. The largest absolute Gasteiger partial charge is 0.346 e. The molecule has 104 valence electrons. The molecule has 1 aromatic rings. The van der Waals surface area contributed by atoms with Crippen LogP contribution in [-0.4, -0.2) is 29.9 Å². The van der Waals surface area contributed by atoms with Crippen LogP contribution < -0.4 is 11.1 Å². The summed E-state index contributed by atoms with van der Waals surface area (Å²) in [7, 11) is 0. The highest BCUT2D eigenvalue weighted by molar-refractivity contribution is 5.94. The fourth-order valence-corrected chi connectivity index (χ4v) is 0.936. The third kappa shape index (κ3) is 5.52. The van der Waals surface area contributed by atoms with Crippen LogP contribution in [0.1, 0.15) is 10.4 Å². The molecule has 0 unspecified atom stereocenters. The molecule has 0 atom stereocenters. The van der Waals surface area contributed by atoms with Crippen LogP contribution in [0.25, 0.3) is 0 Å². The fourth-order valence-electron chi connectivity index (χ4n) is 0.936. The highest BCUT2D eigenvalue weighted by Gasteiger charge is 2.27. The summed E-state index contributed by atoms with van der Waals surface area (Å²) in [5, 5.41) is 1.89. The van der Waals surface area contributed by atoms with Gasteiger partial charge in [0.05, 0.1) is 24.8 Å². The van der Waals surface area contributed by atoms with Crippen LogP contribution in [-0.2, 0) is 0 Å². The van der Waals surface area contributed by atoms with Gasteiger partial charge in [-0.3, -0.25) is 9.78 Å². The molecule has 1 amide bonds. The molecule has 0 bridgehead atoms. The SMILES string of the molecule is Cl.Cl.NCC(F)(F)CNC(=O)c1ccncc1F. The molecule has 4 nitrogen and oxygen atoms in total. The topological polar surface area (TPSA) is 68.0 Å². The second kappa shape index (κ2) is 8.12. The van der Waals surface area contributed by atoms with Gasteiger partial charge in [-0.15, -0.1) is 24.8 Å². The number of rotatable bonds is 4. The first-order valence-electron chi connectivity index (χ1n) is 4.42. The first kappa shape index (κ1) is 19.3. The summed E-state index contributed by atoms with van der Waals surface area (Å²) >= 11 is 0. The summed E-state index contributed by atoms with van der Waals surface area (Å²) < 4.78 is 38.4. The number of nitrogens with zero attached hydrogens (tertiary/aromatic N) is 1. The Morgan fingerprint density at radius 2 is 2.06 bits per heavy atom. The molecule has 18 heavy (non-hydrogen) atoms. The van der Waals surface area contributed by atoms with E-state index in [2.05, 4.69) is 4.98 Å². The van der Waals surface area contributed by atoms with Crippen molar-refractivity contribution in [1.82, 2.24) is 10.3 Å². The number of hydrogen-bond acceptors (Lipinski definition) is 3. The monoisotopic (exact) mass is 305 g/mol. The van der Waals surface area contributed by atoms with Gasteiger partial charge in [-0.2, -0.15) is 0 Å². The lowest BCUT2D eigenvalue weighted by molar-refractivity contribution is 0.0118. The third-order valence-electron chi connectivity index (χ3n) is 1.82. The molecule has 0 aliphatic rings. The number of carbonyl (C=O) groups excluding carboxylic acids is 1. The number of alkyl halides is 2. The van der Waals surface area contributed by atoms with Crippen LogP contribution in [0.15, 0.2) is 18.5 Å². The van der Waals surface area contributed by atoms with Crippen molar-refractivity contribution in [3.63, 3.8) is 0 Å². The summed E-state index contributed by atoms with van der Waals surface area (Å²) in [6, 6.07) is 1.10. The molecule has 1 heterocycles. The Morgan fingerprint density at radius 3 is 2.56 bits per heavy atom. The molecule has 1 aromatic heterocycles. The van der Waals surface area contributed by atoms with Crippen molar-refractivity contribution in [3.8, 4) is 0 Å². The molecule has 9 heteroatoms. The molecular formula is C9H12Cl2F3N3O. The molecule has 1 rings (SSSR count). The van der Waals surface area contributed by atoms with Gasteiger partial charge >= 0.3 is 0 Å². The van der Waals surface area contributed by atoms with Gasteiger partial charge in [0.2, 0.25) is 0 Å². The van der Waals surface area contributed by atoms with Gasteiger partial charge in [-0.25, -0.2) is 13.2 Å². The van der Waals surface area contributed by atoms with Crippen molar-refractivity contribution in [2.24, 2.45) is 5.73 Å². The van der Waals surface area contributed by atoms with Crippen LogP contribution in [0.3, 0.4) is 0 Å². The van der Waals surface area contributed by atoms with Gasteiger partial charge in [-0.05, 0) is 6.07 Å². The van der Waals surface area contributed by atoms with Crippen molar-refractivity contribution in [3.05, 3.63) is 29.8 Å². The summed E-state index contributed by atoms with van der Waals surface area (Å²) in [5.74, 6) is -4.98. The standard InChI is InChI=1S/C9H10F3N3O.2ClH/c10-7-3-14-2-1-6(7)8(16)15-5-9(11,12)4-13;;/h1-3H,4-5,13H2,(H,15,16);2*1H. The lowest BCUT2D eigenvalue weighted by atomic mass is 10.2. The molecule has 0 saturated carbocycles. The molecule has 0 spiro atoms. The van der Waals surface area contributed by atoms with E-state index in [1.807, 2.05) is 5.32 Å². The Labute approximate surface area is 114 Å². The maximum Gasteiger partial charge on any atom is 0.277 e. The van der Waals surface area contributed by atoms with Crippen LogP contribution in [0.2, 0.25) is 0 Å². The van der Waals surface area contributed by atoms with Gasteiger partial charge < -0.3 is 11.1 Å². The summed E-state index contributed by atoms with van der Waals surface area (Å²) in [6.45, 7) is -1.81. The van der Waals surface area contributed by atoms with E-state index in [4.69, 9.17) is 5.73 Å². The van der Waals surface area contributed by atoms with Gasteiger partial charge in [0, 0.05) is 6.20 Å². The maximum atomic E-state index is 13.0. The first-order valence-corrected chi connectivity index (χ1v) is 4.42. The van der Waals surface area contributed by atoms with E-state index in [1.165, 1.54) is 6.20 Å². The Hall–Kier alpha value is -1.05. The fraction of sp³-hybridized carbons (Fsp3) is 0.333. The zero-order chi connectivity index (χ0) is 12.2. The van der Waals surface area contributed by atoms with E-state index >= 15 is 0 Å². The predicted octanol–water partition coefficient (Wildman–Crippen LogP) is 1.39. The summed E-state index contributed by atoms with van der Waals surface area (Å²) in [5.41, 5.74) is 4.45. The van der Waals surface area contributed by atoms with Crippen LogP contribution in [0.5, 0.6) is 0 Å². The Morgan fingerprint density at radius 1 is 1.44 bits per heavy atom. The predicted molar refractivity (Wildman–Crippen MR) is 65.0 cm³/mol. The van der Waals surface area contributed by atoms with Gasteiger partial charge in [-0.1, -0.05) is 0 Å². The number of halogens is 5. The highest BCUT2D eigenvalue weighted by atomic mass is 35.5. The number of nitrogens with two attached hydrogens (primary N) is 1. The minimum atomic E-state index is -3.20. The smallest absolute Gasteiger partial charge is 0.277 e. The number of amides is 1. The third-order valence-corrected chi connectivity index (χ3v) is 1.82. The molecular weight excluding hydrogens is 294 g/mol. The average molecular weight is 306 g/mol. The molecule has 0 fully saturated rings. The molecule has 0 saturated heterocycles. The van der Waals surface area contributed by atoms with Gasteiger partial charge in [0.1, 0.15) is 0 Å². The summed E-state index contributed by atoms with van der Waals surface area (Å²) in [4.78, 5) is 14.7. The highest BCUT2D eigenvalue weighted by Crippen LogP contribution is 2.10. The van der Waals surface area contributed by atoms with Crippen LogP contribution >= 0.6 is 24.8 Å². The molecule has 0 aliphatic carbocycles. The minimum absolute atomic E-state index is 0. The average Bonchev–Trinajstić information content (AvgIpc) is 2.27. The van der Waals surface area contributed by atoms with Crippen LogP contribution in [0, 0.1) is 5.82 Å². The molecule has 0 aromatic carbocycles. The number of nitrogens with one attached hydrogen (secondary N) is 1. The van der Waals surface area contributed by atoms with Crippen LogP contribution in [0.4, 0.5) is 13.2 Å². The molecule has 0 radical (unpaired) electrons. The number of carbonyl (C=O) groups is 1. The van der Waals surface area contributed by atoms with Gasteiger partial charge in [0.15, 0.2) is 5.82 Å². The zero-order valence-corrected chi connectivity index (χ0v) is 10.7. The Bertz CT molecular complexity index is 393. The van der Waals surface area contributed by atoms with E-state index < -0.39 is 30.7 Å². The molecule has 3 N–H and O–H groups in total. The van der Waals surface area contributed by atoms with Gasteiger partial charge in [0.25, 0.3) is 11.8 Å². The lowest BCUT2D eigenvalue weighted by Gasteiger charge is -2.14. The van der Waals surface area contributed by atoms with E-state index in [-0.39, 0.29) is 30.4 Å². The second-order valence-electron chi connectivity index (χ2n) is 3.10.